The fourth-order valence-electron chi connectivity index (χ4n) is 2.82. The second kappa shape index (κ2) is 10.1. The first-order valence-corrected chi connectivity index (χ1v) is 8.96. The zero-order valence-electron chi connectivity index (χ0n) is 15.3. The van der Waals surface area contributed by atoms with E-state index in [-0.39, 0.29) is 31.4 Å². The fourth-order valence-corrected chi connectivity index (χ4v) is 2.82. The van der Waals surface area contributed by atoms with Gasteiger partial charge in [0, 0.05) is 25.3 Å². The number of aliphatic carboxylic acids is 1. The van der Waals surface area contributed by atoms with E-state index in [4.69, 9.17) is 9.84 Å². The van der Waals surface area contributed by atoms with Crippen molar-refractivity contribution in [3.8, 4) is 0 Å². The number of carbonyl (C=O) groups is 2. The molecule has 1 aliphatic heterocycles. The minimum Gasteiger partial charge on any atom is -0.480 e. The van der Waals surface area contributed by atoms with Crippen molar-refractivity contribution < 1.29 is 33.3 Å². The molecule has 0 aliphatic carbocycles. The summed E-state index contributed by atoms with van der Waals surface area (Å²) in [7, 11) is 0. The smallest absolute Gasteiger partial charge is 0.329 e. The van der Waals surface area contributed by atoms with Crippen LogP contribution in [0.25, 0.3) is 0 Å². The number of benzene rings is 1. The number of urea groups is 1. The lowest BCUT2D eigenvalue weighted by Crippen LogP contribution is -2.35. The number of hydrogen-bond donors (Lipinski definition) is 3. The Labute approximate surface area is 161 Å². The Morgan fingerprint density at radius 2 is 2.07 bits per heavy atom. The largest absolute Gasteiger partial charge is 0.480 e. The summed E-state index contributed by atoms with van der Waals surface area (Å²) >= 11 is 0. The van der Waals surface area contributed by atoms with Crippen molar-refractivity contribution in [3.05, 3.63) is 48.0 Å². The molecule has 9 heteroatoms. The number of unbranched alkanes of at least 4 members (excludes halogenated alkanes) is 1. The van der Waals surface area contributed by atoms with Crippen LogP contribution in [-0.2, 0) is 15.5 Å². The molecule has 3 N–H and O–H groups in total. The minimum absolute atomic E-state index is 0.254. The number of carboxylic acid groups (broad SMARTS) is 1. The molecule has 1 aliphatic rings. The molecule has 1 unspecified atom stereocenters. The number of rotatable bonds is 11. The van der Waals surface area contributed by atoms with Crippen molar-refractivity contribution in [2.24, 2.45) is 0 Å². The van der Waals surface area contributed by atoms with E-state index in [0.717, 1.165) is 6.08 Å². The van der Waals surface area contributed by atoms with E-state index in [1.165, 1.54) is 35.2 Å². The molecule has 0 saturated carbocycles. The van der Waals surface area contributed by atoms with E-state index in [0.29, 0.717) is 19.4 Å². The molecule has 1 saturated heterocycles. The highest BCUT2D eigenvalue weighted by molar-refractivity contribution is 5.77. The topological polar surface area (TPSA) is 99.1 Å². The van der Waals surface area contributed by atoms with Gasteiger partial charge >= 0.3 is 17.9 Å². The van der Waals surface area contributed by atoms with Crippen LogP contribution in [0.4, 0.5) is 13.6 Å². The number of nitrogens with zero attached hydrogens (tertiary/aromatic N) is 1. The van der Waals surface area contributed by atoms with Crippen LogP contribution in [-0.4, -0.2) is 65.6 Å². The summed E-state index contributed by atoms with van der Waals surface area (Å²) in [6, 6.07) is 6.29. The summed E-state index contributed by atoms with van der Waals surface area (Å²) in [5.41, 5.74) is -0.286. The maximum Gasteiger partial charge on any atom is 0.329 e. The van der Waals surface area contributed by atoms with Crippen LogP contribution in [0.1, 0.15) is 18.4 Å². The number of carbonyl (C=O) groups excluding carboxylic acids is 1. The lowest BCUT2D eigenvalue weighted by atomic mass is 10.0. The molecule has 0 spiro atoms. The molecule has 1 aromatic rings. The predicted octanol–water partition coefficient (Wildman–Crippen LogP) is 1.97. The number of nitrogens with one attached hydrogen (secondary N) is 1. The Kier molecular flexibility index (Phi) is 7.89. The van der Waals surface area contributed by atoms with Gasteiger partial charge in [-0.15, -0.1) is 0 Å². The summed E-state index contributed by atoms with van der Waals surface area (Å²) in [5, 5.41) is 21.1. The lowest BCUT2D eigenvalue weighted by Gasteiger charge is -2.23. The molecular weight excluding hydrogens is 374 g/mol. The van der Waals surface area contributed by atoms with Gasteiger partial charge in [0.25, 0.3) is 0 Å². The predicted molar refractivity (Wildman–Crippen MR) is 97.1 cm³/mol. The summed E-state index contributed by atoms with van der Waals surface area (Å²) in [6.45, 7) is 0.504. The molecular formula is C19H24F2N2O5. The molecule has 28 heavy (non-hydrogen) atoms. The quantitative estimate of drug-likeness (QED) is 0.391. The van der Waals surface area contributed by atoms with Gasteiger partial charge in [-0.25, -0.2) is 9.59 Å². The maximum absolute atomic E-state index is 14.3. The molecule has 0 bridgehead atoms. The molecule has 1 heterocycles. The summed E-state index contributed by atoms with van der Waals surface area (Å²) in [4.78, 5) is 23.8. The average molecular weight is 398 g/mol. The first kappa shape index (κ1) is 21.8. The van der Waals surface area contributed by atoms with Gasteiger partial charge in [-0.3, -0.25) is 0 Å². The standard InChI is InChI=1S/C19H24F2N2O5/c20-19(21,14-6-2-1-3-7-14)16(24)9-8-15-12-22-18(27)23(15)10-4-5-11-28-13-17(25)26/h1-3,6-9,15-16,24H,4-5,10-13H2,(H,22,27)(H,25,26)/b9-8+/t15-,16?/m0/s1. The molecule has 2 rings (SSSR count). The van der Waals surface area contributed by atoms with E-state index < -0.39 is 24.0 Å². The molecule has 0 radical (unpaired) electrons. The summed E-state index contributed by atoms with van der Waals surface area (Å²) < 4.78 is 33.6. The highest BCUT2D eigenvalue weighted by Gasteiger charge is 2.39. The monoisotopic (exact) mass is 398 g/mol. The van der Waals surface area contributed by atoms with Gasteiger partial charge in [-0.2, -0.15) is 8.78 Å². The molecule has 1 aromatic carbocycles. The van der Waals surface area contributed by atoms with Gasteiger partial charge in [0.2, 0.25) is 0 Å². The van der Waals surface area contributed by atoms with E-state index in [2.05, 4.69) is 5.32 Å². The SMILES string of the molecule is O=C(O)COCCCCN1C(=O)NC[C@@H]1/C=C/C(O)C(F)(F)c1ccccc1. The van der Waals surface area contributed by atoms with Crippen LogP contribution < -0.4 is 5.32 Å². The number of amides is 2. The number of ether oxygens (including phenoxy) is 1. The van der Waals surface area contributed by atoms with Crippen molar-refractivity contribution in [3.63, 3.8) is 0 Å². The average Bonchev–Trinajstić information content (AvgIpc) is 3.02. The zero-order valence-corrected chi connectivity index (χ0v) is 15.3. The Balaban J connectivity index is 1.87. The Morgan fingerprint density at radius 3 is 2.75 bits per heavy atom. The number of aliphatic hydroxyl groups is 1. The van der Waals surface area contributed by atoms with E-state index in [1.807, 2.05) is 0 Å². The van der Waals surface area contributed by atoms with E-state index in [1.54, 1.807) is 6.07 Å². The molecule has 7 nitrogen and oxygen atoms in total. The fraction of sp³-hybridized carbons (Fsp3) is 0.474. The van der Waals surface area contributed by atoms with Crippen molar-refractivity contribution in [1.82, 2.24) is 10.2 Å². The normalized spacial score (nSPS) is 18.5. The number of halogens is 2. The first-order valence-electron chi connectivity index (χ1n) is 8.96. The van der Waals surface area contributed by atoms with Crippen LogP contribution in [0.5, 0.6) is 0 Å². The molecule has 1 fully saturated rings. The van der Waals surface area contributed by atoms with Gasteiger partial charge in [0.1, 0.15) is 12.7 Å². The zero-order chi connectivity index (χ0) is 20.6. The lowest BCUT2D eigenvalue weighted by molar-refractivity contribution is -0.142. The second-order valence-electron chi connectivity index (χ2n) is 6.42. The van der Waals surface area contributed by atoms with Crippen LogP contribution in [0, 0.1) is 0 Å². The second-order valence-corrected chi connectivity index (χ2v) is 6.42. The number of carboxylic acids is 1. The first-order chi connectivity index (χ1) is 13.3. The Bertz CT molecular complexity index is 684. The van der Waals surface area contributed by atoms with Crippen molar-refractivity contribution in [2.45, 2.75) is 30.9 Å². The van der Waals surface area contributed by atoms with Crippen molar-refractivity contribution in [1.29, 1.82) is 0 Å². The third-order valence-corrected chi connectivity index (χ3v) is 4.33. The van der Waals surface area contributed by atoms with E-state index >= 15 is 0 Å². The van der Waals surface area contributed by atoms with Gasteiger partial charge < -0.3 is 25.2 Å². The highest BCUT2D eigenvalue weighted by atomic mass is 19.3. The highest BCUT2D eigenvalue weighted by Crippen LogP contribution is 2.32. The van der Waals surface area contributed by atoms with Crippen molar-refractivity contribution in [2.75, 3.05) is 26.3 Å². The van der Waals surface area contributed by atoms with Crippen LogP contribution in [0.15, 0.2) is 42.5 Å². The number of aliphatic hydroxyl groups excluding tert-OH is 1. The summed E-state index contributed by atoms with van der Waals surface area (Å²) in [6.07, 6.45) is 1.53. The summed E-state index contributed by atoms with van der Waals surface area (Å²) in [5.74, 6) is -4.49. The Hall–Kier alpha value is -2.52. The van der Waals surface area contributed by atoms with Crippen molar-refractivity contribution >= 4 is 12.0 Å². The van der Waals surface area contributed by atoms with Crippen LogP contribution in [0.3, 0.4) is 0 Å². The molecule has 2 atom stereocenters. The van der Waals surface area contributed by atoms with Gasteiger partial charge in [-0.05, 0) is 12.8 Å². The third-order valence-electron chi connectivity index (χ3n) is 4.33. The van der Waals surface area contributed by atoms with Gasteiger partial charge in [0.05, 0.1) is 6.04 Å². The molecule has 0 aromatic heterocycles. The Morgan fingerprint density at radius 1 is 1.36 bits per heavy atom. The van der Waals surface area contributed by atoms with Gasteiger partial charge in [0.15, 0.2) is 0 Å². The number of alkyl halides is 2. The molecule has 154 valence electrons. The van der Waals surface area contributed by atoms with Crippen LogP contribution >= 0.6 is 0 Å². The van der Waals surface area contributed by atoms with Gasteiger partial charge in [-0.1, -0.05) is 42.5 Å². The molecule has 2 amide bonds. The van der Waals surface area contributed by atoms with Crippen LogP contribution in [0.2, 0.25) is 0 Å². The minimum atomic E-state index is -3.44. The maximum atomic E-state index is 14.3. The number of hydrogen-bond acceptors (Lipinski definition) is 4. The third kappa shape index (κ3) is 6.00. The van der Waals surface area contributed by atoms with E-state index in [9.17, 15) is 23.5 Å².